The van der Waals surface area contributed by atoms with Gasteiger partial charge in [0, 0.05) is 6.07 Å². The molecular formula is C13H10ClFN4O2S. The van der Waals surface area contributed by atoms with Gasteiger partial charge in [0.05, 0.1) is 12.7 Å². The van der Waals surface area contributed by atoms with Gasteiger partial charge in [0.25, 0.3) is 5.91 Å². The lowest BCUT2D eigenvalue weighted by atomic mass is 10.2. The van der Waals surface area contributed by atoms with Gasteiger partial charge in [-0.05, 0) is 24.4 Å². The number of rotatable bonds is 3. The lowest BCUT2D eigenvalue weighted by Crippen LogP contribution is -2.35. The fraction of sp³-hybridized carbons (Fsp3) is 0.0769. The van der Waals surface area contributed by atoms with E-state index in [4.69, 9.17) is 28.6 Å². The third kappa shape index (κ3) is 4.09. The molecule has 0 saturated heterocycles. The monoisotopic (exact) mass is 340 g/mol. The zero-order valence-electron chi connectivity index (χ0n) is 11.3. The number of aromatic nitrogens is 2. The molecule has 0 fully saturated rings. The minimum atomic E-state index is -0.690. The summed E-state index contributed by atoms with van der Waals surface area (Å²) in [6.45, 7) is 0. The Morgan fingerprint density at radius 2 is 2.09 bits per heavy atom. The number of hydrogen-bond donors (Lipinski definition) is 2. The van der Waals surface area contributed by atoms with Gasteiger partial charge in [0.1, 0.15) is 11.0 Å². The zero-order chi connectivity index (χ0) is 16.1. The van der Waals surface area contributed by atoms with E-state index in [9.17, 15) is 9.18 Å². The highest BCUT2D eigenvalue weighted by Gasteiger charge is 2.13. The van der Waals surface area contributed by atoms with Crippen molar-refractivity contribution in [1.29, 1.82) is 0 Å². The van der Waals surface area contributed by atoms with Crippen molar-refractivity contribution >= 4 is 40.8 Å². The van der Waals surface area contributed by atoms with E-state index < -0.39 is 11.7 Å². The molecule has 2 rings (SSSR count). The highest BCUT2D eigenvalue weighted by Crippen LogP contribution is 2.15. The predicted octanol–water partition coefficient (Wildman–Crippen LogP) is 2.40. The summed E-state index contributed by atoms with van der Waals surface area (Å²) in [6, 6.07) is 6.95. The molecule has 0 spiro atoms. The zero-order valence-corrected chi connectivity index (χ0v) is 12.8. The van der Waals surface area contributed by atoms with E-state index in [0.29, 0.717) is 0 Å². The maximum atomic E-state index is 13.5. The van der Waals surface area contributed by atoms with Crippen molar-refractivity contribution in [3.05, 3.63) is 46.9 Å². The van der Waals surface area contributed by atoms with E-state index in [-0.39, 0.29) is 27.7 Å². The molecule has 1 heterocycles. The van der Waals surface area contributed by atoms with E-state index in [1.165, 1.54) is 31.4 Å². The maximum absolute atomic E-state index is 13.5. The molecular weight excluding hydrogens is 331 g/mol. The number of nitrogens with zero attached hydrogens (tertiary/aromatic N) is 2. The number of carbonyl (C=O) groups is 1. The first-order valence-electron chi connectivity index (χ1n) is 5.95. The predicted molar refractivity (Wildman–Crippen MR) is 83.7 cm³/mol. The second-order valence-electron chi connectivity index (χ2n) is 3.94. The molecule has 22 heavy (non-hydrogen) atoms. The van der Waals surface area contributed by atoms with E-state index in [1.54, 1.807) is 6.07 Å². The Kier molecular flexibility index (Phi) is 5.18. The lowest BCUT2D eigenvalue weighted by molar-refractivity contribution is 0.0974. The van der Waals surface area contributed by atoms with Crippen molar-refractivity contribution < 1.29 is 13.9 Å². The normalized spacial score (nSPS) is 9.95. The fourth-order valence-electron chi connectivity index (χ4n) is 1.51. The van der Waals surface area contributed by atoms with Crippen LogP contribution in [0, 0.1) is 5.82 Å². The van der Waals surface area contributed by atoms with Gasteiger partial charge in [-0.25, -0.2) is 9.37 Å². The average Bonchev–Trinajstić information content (AvgIpc) is 2.46. The second-order valence-corrected chi connectivity index (χ2v) is 4.74. The molecule has 0 unspecified atom stereocenters. The molecule has 0 aliphatic rings. The summed E-state index contributed by atoms with van der Waals surface area (Å²) in [4.78, 5) is 19.7. The molecule has 0 aliphatic carbocycles. The van der Waals surface area contributed by atoms with Crippen LogP contribution in [0.3, 0.4) is 0 Å². The molecule has 6 nitrogen and oxygen atoms in total. The first-order valence-corrected chi connectivity index (χ1v) is 6.73. The second kappa shape index (κ2) is 7.10. The highest BCUT2D eigenvalue weighted by molar-refractivity contribution is 7.80. The van der Waals surface area contributed by atoms with E-state index in [0.717, 1.165) is 0 Å². The van der Waals surface area contributed by atoms with Crippen molar-refractivity contribution in [1.82, 2.24) is 15.3 Å². The average molecular weight is 341 g/mol. The molecule has 2 aromatic rings. The quantitative estimate of drug-likeness (QED) is 0.660. The molecule has 0 saturated carbocycles. The van der Waals surface area contributed by atoms with Crippen molar-refractivity contribution in [3.8, 4) is 5.88 Å². The Balaban J connectivity index is 2.06. The summed E-state index contributed by atoms with van der Waals surface area (Å²) < 4.78 is 18.4. The molecule has 1 aromatic carbocycles. The van der Waals surface area contributed by atoms with Crippen LogP contribution in [0.25, 0.3) is 0 Å². The van der Waals surface area contributed by atoms with E-state index in [2.05, 4.69) is 20.6 Å². The van der Waals surface area contributed by atoms with Crippen LogP contribution in [0.2, 0.25) is 5.15 Å². The first kappa shape index (κ1) is 16.1. The van der Waals surface area contributed by atoms with Crippen LogP contribution in [0.5, 0.6) is 5.88 Å². The van der Waals surface area contributed by atoms with Crippen molar-refractivity contribution in [3.63, 3.8) is 0 Å². The smallest absolute Gasteiger partial charge is 0.260 e. The largest absolute Gasteiger partial charge is 0.481 e. The number of benzene rings is 1. The van der Waals surface area contributed by atoms with Gasteiger partial charge in [0.2, 0.25) is 11.8 Å². The Labute approximate surface area is 135 Å². The summed E-state index contributed by atoms with van der Waals surface area (Å²) in [5, 5.41) is 4.93. The van der Waals surface area contributed by atoms with Crippen LogP contribution in [-0.2, 0) is 0 Å². The number of halogens is 2. The highest BCUT2D eigenvalue weighted by atomic mass is 35.5. The van der Waals surface area contributed by atoms with Crippen molar-refractivity contribution in [2.75, 3.05) is 12.4 Å². The number of carbonyl (C=O) groups excluding carboxylic acids is 1. The maximum Gasteiger partial charge on any atom is 0.260 e. The summed E-state index contributed by atoms with van der Waals surface area (Å²) in [5.41, 5.74) is -0.128. The number of nitrogens with one attached hydrogen (secondary N) is 2. The Hall–Kier alpha value is -2.32. The topological polar surface area (TPSA) is 76.1 Å². The minimum Gasteiger partial charge on any atom is -0.481 e. The van der Waals surface area contributed by atoms with Gasteiger partial charge in [-0.15, -0.1) is 0 Å². The van der Waals surface area contributed by atoms with Crippen LogP contribution >= 0.6 is 23.8 Å². The van der Waals surface area contributed by atoms with Crippen LogP contribution in [0.1, 0.15) is 10.4 Å². The van der Waals surface area contributed by atoms with Crippen molar-refractivity contribution in [2.45, 2.75) is 0 Å². The van der Waals surface area contributed by atoms with Crippen molar-refractivity contribution in [2.24, 2.45) is 0 Å². The van der Waals surface area contributed by atoms with Crippen LogP contribution in [-0.4, -0.2) is 28.1 Å². The molecule has 1 amide bonds. The molecule has 0 aliphatic heterocycles. The minimum absolute atomic E-state index is 0.0446. The van der Waals surface area contributed by atoms with E-state index >= 15 is 0 Å². The summed E-state index contributed by atoms with van der Waals surface area (Å²) in [5.74, 6) is -1.07. The van der Waals surface area contributed by atoms with Gasteiger partial charge in [-0.3, -0.25) is 10.1 Å². The third-order valence-electron chi connectivity index (χ3n) is 2.45. The van der Waals surface area contributed by atoms with Gasteiger partial charge >= 0.3 is 0 Å². The number of hydrogen-bond acceptors (Lipinski definition) is 5. The summed E-state index contributed by atoms with van der Waals surface area (Å²) >= 11 is 10.7. The molecule has 0 bridgehead atoms. The number of thiocarbonyl (C=S) groups is 1. The summed E-state index contributed by atoms with van der Waals surface area (Å²) in [7, 11) is 1.42. The first-order chi connectivity index (χ1) is 10.5. The number of amides is 1. The van der Waals surface area contributed by atoms with Crippen LogP contribution < -0.4 is 15.4 Å². The number of methoxy groups -OCH3 is 1. The van der Waals surface area contributed by atoms with Crippen LogP contribution in [0.4, 0.5) is 10.3 Å². The SMILES string of the molecule is COc1cc(Cl)nc(NC(=S)NC(=O)c2ccccc2F)n1. The number of ether oxygens (including phenoxy) is 1. The summed E-state index contributed by atoms with van der Waals surface area (Å²) in [6.07, 6.45) is 0. The molecule has 0 atom stereocenters. The molecule has 9 heteroatoms. The fourth-order valence-corrected chi connectivity index (χ4v) is 1.86. The molecule has 0 radical (unpaired) electrons. The van der Waals surface area contributed by atoms with Gasteiger partial charge in [-0.2, -0.15) is 4.98 Å². The Morgan fingerprint density at radius 3 is 2.77 bits per heavy atom. The lowest BCUT2D eigenvalue weighted by Gasteiger charge is -2.09. The molecule has 114 valence electrons. The van der Waals surface area contributed by atoms with Gasteiger partial charge in [0.15, 0.2) is 5.11 Å². The molecule has 1 aromatic heterocycles. The van der Waals surface area contributed by atoms with E-state index in [1.807, 2.05) is 0 Å². The Morgan fingerprint density at radius 1 is 1.36 bits per heavy atom. The van der Waals surface area contributed by atoms with Crippen LogP contribution in [0.15, 0.2) is 30.3 Å². The Bertz CT molecular complexity index is 729. The number of anilines is 1. The standard InChI is InChI=1S/C13H10ClFN4O2S/c1-21-10-6-9(14)16-12(17-10)19-13(22)18-11(20)7-4-2-3-5-8(7)15/h2-6H,1H3,(H2,16,17,18,19,20,22). The third-order valence-corrected chi connectivity index (χ3v) is 2.85. The van der Waals surface area contributed by atoms with Gasteiger partial charge < -0.3 is 10.1 Å². The van der Waals surface area contributed by atoms with Gasteiger partial charge in [-0.1, -0.05) is 23.7 Å². The molecule has 2 N–H and O–H groups in total.